The molecule has 0 radical (unpaired) electrons. The Balaban J connectivity index is 2.55. The first-order valence-corrected chi connectivity index (χ1v) is 5.79. The highest BCUT2D eigenvalue weighted by Gasteiger charge is 2.17. The molecule has 2 heterocycles. The van der Waals surface area contributed by atoms with Gasteiger partial charge in [-0.2, -0.15) is 4.98 Å². The maximum Gasteiger partial charge on any atom is 0.280 e. The number of anilines is 1. The number of fused-ring (bicyclic) bond motifs is 1. The maximum atomic E-state index is 11.7. The smallest absolute Gasteiger partial charge is 0.280 e. The standard InChI is InChI=1S/C11H13N5O4/c1-4(17)8(19)6-3-12-7-9(14-6)15-11(13-5(2)18)16-10(7)20/h3-4,8,17,19H,1-2H3,(H2,13,14,15,16,18,20). The molecule has 106 valence electrons. The summed E-state index contributed by atoms with van der Waals surface area (Å²) in [4.78, 5) is 36.8. The van der Waals surface area contributed by atoms with Crippen LogP contribution in [0, 0.1) is 0 Å². The normalized spacial score (nSPS) is 14.0. The fourth-order valence-electron chi connectivity index (χ4n) is 1.55. The van der Waals surface area contributed by atoms with E-state index in [1.165, 1.54) is 20.0 Å². The number of aliphatic hydroxyl groups excluding tert-OH is 2. The monoisotopic (exact) mass is 279 g/mol. The van der Waals surface area contributed by atoms with E-state index in [0.717, 1.165) is 0 Å². The van der Waals surface area contributed by atoms with Gasteiger partial charge in [-0.1, -0.05) is 0 Å². The second-order valence-electron chi connectivity index (χ2n) is 4.25. The summed E-state index contributed by atoms with van der Waals surface area (Å²) in [6.07, 6.45) is -1.09. The van der Waals surface area contributed by atoms with Gasteiger partial charge in [-0.25, -0.2) is 9.97 Å². The summed E-state index contributed by atoms with van der Waals surface area (Å²) in [5, 5.41) is 21.3. The van der Waals surface area contributed by atoms with Crippen molar-refractivity contribution in [2.75, 3.05) is 5.32 Å². The van der Waals surface area contributed by atoms with Gasteiger partial charge in [0.05, 0.1) is 18.0 Å². The van der Waals surface area contributed by atoms with Gasteiger partial charge in [-0.3, -0.25) is 19.9 Å². The molecule has 0 spiro atoms. The molecule has 0 aliphatic rings. The highest BCUT2D eigenvalue weighted by molar-refractivity contribution is 5.87. The Bertz CT molecular complexity index is 712. The molecule has 9 heteroatoms. The molecule has 2 aromatic rings. The minimum Gasteiger partial charge on any atom is -0.390 e. The van der Waals surface area contributed by atoms with Gasteiger partial charge >= 0.3 is 0 Å². The summed E-state index contributed by atoms with van der Waals surface area (Å²) >= 11 is 0. The third-order valence-corrected chi connectivity index (χ3v) is 2.49. The fraction of sp³-hybridized carbons (Fsp3) is 0.364. The number of nitrogens with one attached hydrogen (secondary N) is 2. The molecule has 0 bridgehead atoms. The van der Waals surface area contributed by atoms with Crippen LogP contribution in [0.25, 0.3) is 11.2 Å². The van der Waals surface area contributed by atoms with Crippen molar-refractivity contribution in [3.8, 4) is 0 Å². The molecule has 2 unspecified atom stereocenters. The van der Waals surface area contributed by atoms with Crippen molar-refractivity contribution in [1.29, 1.82) is 0 Å². The van der Waals surface area contributed by atoms with E-state index in [4.69, 9.17) is 0 Å². The SMILES string of the molecule is CC(=O)Nc1nc2nc(C(O)C(C)O)cnc2c(=O)[nH]1. The molecule has 0 saturated heterocycles. The molecule has 2 rings (SSSR count). The van der Waals surface area contributed by atoms with Crippen LogP contribution in [-0.2, 0) is 4.79 Å². The van der Waals surface area contributed by atoms with E-state index < -0.39 is 23.7 Å². The van der Waals surface area contributed by atoms with Crippen LogP contribution in [-0.4, -0.2) is 42.2 Å². The van der Waals surface area contributed by atoms with Crippen LogP contribution in [0.3, 0.4) is 0 Å². The van der Waals surface area contributed by atoms with Gasteiger partial charge in [0, 0.05) is 6.92 Å². The lowest BCUT2D eigenvalue weighted by Crippen LogP contribution is -2.19. The quantitative estimate of drug-likeness (QED) is 0.569. The van der Waals surface area contributed by atoms with Gasteiger partial charge in [-0.05, 0) is 6.92 Å². The zero-order chi connectivity index (χ0) is 14.9. The summed E-state index contributed by atoms with van der Waals surface area (Å²) < 4.78 is 0. The van der Waals surface area contributed by atoms with E-state index in [2.05, 4.69) is 25.3 Å². The fourth-order valence-corrected chi connectivity index (χ4v) is 1.55. The van der Waals surface area contributed by atoms with Gasteiger partial charge in [0.25, 0.3) is 5.56 Å². The predicted molar refractivity (Wildman–Crippen MR) is 68.9 cm³/mol. The summed E-state index contributed by atoms with van der Waals surface area (Å²) in [6.45, 7) is 2.66. The molecular formula is C11H13N5O4. The molecule has 20 heavy (non-hydrogen) atoms. The second kappa shape index (κ2) is 5.31. The molecule has 1 amide bonds. The van der Waals surface area contributed by atoms with Gasteiger partial charge in [-0.15, -0.1) is 0 Å². The summed E-state index contributed by atoms with van der Waals surface area (Å²) in [7, 11) is 0. The topological polar surface area (TPSA) is 141 Å². The third kappa shape index (κ3) is 2.78. The average Bonchev–Trinajstić information content (AvgIpc) is 2.36. The van der Waals surface area contributed by atoms with E-state index in [1.807, 2.05) is 0 Å². The predicted octanol–water partition coefficient (Wildman–Crippen LogP) is -0.914. The van der Waals surface area contributed by atoms with Crippen molar-refractivity contribution in [3.63, 3.8) is 0 Å². The minimum absolute atomic E-state index is 0.0272. The molecular weight excluding hydrogens is 266 g/mol. The van der Waals surface area contributed by atoms with Gasteiger partial charge in [0.15, 0.2) is 11.2 Å². The van der Waals surface area contributed by atoms with Crippen molar-refractivity contribution >= 4 is 23.0 Å². The average molecular weight is 279 g/mol. The van der Waals surface area contributed by atoms with Crippen LogP contribution in [0.4, 0.5) is 5.95 Å². The Morgan fingerprint density at radius 3 is 2.70 bits per heavy atom. The van der Waals surface area contributed by atoms with E-state index in [1.54, 1.807) is 0 Å². The number of H-pyrrole nitrogens is 1. The van der Waals surface area contributed by atoms with Gasteiger partial charge < -0.3 is 10.2 Å². The highest BCUT2D eigenvalue weighted by atomic mass is 16.3. The van der Waals surface area contributed by atoms with Crippen molar-refractivity contribution in [2.24, 2.45) is 0 Å². The number of carbonyl (C=O) groups excluding carboxylic acids is 1. The van der Waals surface area contributed by atoms with Crippen LogP contribution < -0.4 is 10.9 Å². The molecule has 0 fully saturated rings. The van der Waals surface area contributed by atoms with E-state index in [-0.39, 0.29) is 22.8 Å². The molecule has 0 aromatic carbocycles. The van der Waals surface area contributed by atoms with Crippen molar-refractivity contribution in [1.82, 2.24) is 19.9 Å². The van der Waals surface area contributed by atoms with Gasteiger partial charge in [0.1, 0.15) is 6.10 Å². The molecule has 2 aromatic heterocycles. The second-order valence-corrected chi connectivity index (χ2v) is 4.25. The van der Waals surface area contributed by atoms with Crippen LogP contribution in [0.2, 0.25) is 0 Å². The number of hydrogen-bond acceptors (Lipinski definition) is 7. The number of aliphatic hydroxyl groups is 2. The number of aromatic nitrogens is 4. The maximum absolute atomic E-state index is 11.7. The van der Waals surface area contributed by atoms with E-state index in [9.17, 15) is 19.8 Å². The molecule has 4 N–H and O–H groups in total. The first-order chi connectivity index (χ1) is 9.38. The Morgan fingerprint density at radius 1 is 1.40 bits per heavy atom. The minimum atomic E-state index is -1.24. The van der Waals surface area contributed by atoms with Crippen LogP contribution in [0.15, 0.2) is 11.0 Å². The summed E-state index contributed by atoms with van der Waals surface area (Å²) in [5.41, 5.74) is -0.543. The van der Waals surface area contributed by atoms with E-state index >= 15 is 0 Å². The molecule has 2 atom stereocenters. The Morgan fingerprint density at radius 2 is 2.10 bits per heavy atom. The molecule has 0 aliphatic heterocycles. The summed E-state index contributed by atoms with van der Waals surface area (Å²) in [6, 6.07) is 0. The van der Waals surface area contributed by atoms with Crippen molar-refractivity contribution in [3.05, 3.63) is 22.2 Å². The van der Waals surface area contributed by atoms with Gasteiger partial charge in [0.2, 0.25) is 11.9 Å². The van der Waals surface area contributed by atoms with Crippen LogP contribution in [0.5, 0.6) is 0 Å². The highest BCUT2D eigenvalue weighted by Crippen LogP contribution is 2.15. The van der Waals surface area contributed by atoms with Crippen molar-refractivity contribution in [2.45, 2.75) is 26.1 Å². The molecule has 9 nitrogen and oxygen atoms in total. The van der Waals surface area contributed by atoms with Crippen molar-refractivity contribution < 1.29 is 15.0 Å². The first-order valence-electron chi connectivity index (χ1n) is 5.79. The number of hydrogen-bond donors (Lipinski definition) is 4. The lowest BCUT2D eigenvalue weighted by atomic mass is 10.2. The lowest BCUT2D eigenvalue weighted by Gasteiger charge is -2.12. The zero-order valence-electron chi connectivity index (χ0n) is 10.8. The number of rotatable bonds is 3. The largest absolute Gasteiger partial charge is 0.390 e. The number of aromatic amines is 1. The van der Waals surface area contributed by atoms with Crippen LogP contribution in [0.1, 0.15) is 25.6 Å². The Hall–Kier alpha value is -2.39. The lowest BCUT2D eigenvalue weighted by molar-refractivity contribution is -0.114. The molecule has 0 saturated carbocycles. The Kier molecular flexibility index (Phi) is 3.72. The third-order valence-electron chi connectivity index (χ3n) is 2.49. The number of nitrogens with zero attached hydrogens (tertiary/aromatic N) is 3. The zero-order valence-corrected chi connectivity index (χ0v) is 10.8. The number of carbonyl (C=O) groups is 1. The summed E-state index contributed by atoms with van der Waals surface area (Å²) in [5.74, 6) is -0.464. The van der Waals surface area contributed by atoms with Crippen LogP contribution >= 0.6 is 0 Å². The molecule has 0 aliphatic carbocycles. The first kappa shape index (κ1) is 14.0. The van der Waals surface area contributed by atoms with E-state index in [0.29, 0.717) is 0 Å². The Labute approximate surface area is 112 Å². The number of amides is 1.